The molecule has 1 aromatic rings. The Labute approximate surface area is 122 Å². The number of urea groups is 1. The van der Waals surface area contributed by atoms with Gasteiger partial charge in [0.2, 0.25) is 0 Å². The molecule has 21 heavy (non-hydrogen) atoms. The Morgan fingerprint density at radius 3 is 2.76 bits per heavy atom. The second-order valence-electron chi connectivity index (χ2n) is 5.44. The van der Waals surface area contributed by atoms with Gasteiger partial charge in [-0.1, -0.05) is 0 Å². The number of aryl methyl sites for hydroxylation is 1. The minimum absolute atomic E-state index is 0.129. The van der Waals surface area contributed by atoms with E-state index in [9.17, 15) is 9.59 Å². The van der Waals surface area contributed by atoms with E-state index >= 15 is 0 Å². The summed E-state index contributed by atoms with van der Waals surface area (Å²) in [6.45, 7) is 2.01. The van der Waals surface area contributed by atoms with Crippen molar-refractivity contribution in [2.24, 2.45) is 0 Å². The number of nitrogen functional groups attached to an aromatic ring is 1. The van der Waals surface area contributed by atoms with Gasteiger partial charge in [-0.15, -0.1) is 0 Å². The van der Waals surface area contributed by atoms with Gasteiger partial charge in [0.25, 0.3) is 5.91 Å². The molecule has 0 radical (unpaired) electrons. The number of nitrogens with zero attached hydrogens (tertiary/aromatic N) is 3. The third kappa shape index (κ3) is 2.58. The molecule has 0 aliphatic carbocycles. The lowest BCUT2D eigenvalue weighted by Crippen LogP contribution is -2.51. The van der Waals surface area contributed by atoms with E-state index in [2.05, 4.69) is 10.4 Å². The minimum Gasteiger partial charge on any atom is -0.382 e. The fourth-order valence-corrected chi connectivity index (χ4v) is 2.83. The summed E-state index contributed by atoms with van der Waals surface area (Å²) < 4.78 is 6.98. The van der Waals surface area contributed by atoms with Crippen LogP contribution in [0.2, 0.25) is 0 Å². The van der Waals surface area contributed by atoms with E-state index in [0.29, 0.717) is 51.4 Å². The maximum Gasteiger partial charge on any atom is 0.325 e. The molecule has 0 aromatic carbocycles. The Bertz CT molecular complexity index is 550. The number of carbonyl (C=O) groups excluding carboxylic acids is 2. The van der Waals surface area contributed by atoms with E-state index in [1.807, 2.05) is 0 Å². The van der Waals surface area contributed by atoms with Crippen LogP contribution in [0.5, 0.6) is 0 Å². The molecular weight excluding hydrogens is 274 g/mol. The molecule has 0 atom stereocenters. The van der Waals surface area contributed by atoms with Gasteiger partial charge in [-0.25, -0.2) is 4.79 Å². The number of carbonyl (C=O) groups is 2. The summed E-state index contributed by atoms with van der Waals surface area (Å²) in [4.78, 5) is 25.8. The van der Waals surface area contributed by atoms with E-state index in [1.165, 1.54) is 4.90 Å². The van der Waals surface area contributed by atoms with Gasteiger partial charge >= 0.3 is 6.03 Å². The first kappa shape index (κ1) is 13.9. The Morgan fingerprint density at radius 1 is 1.33 bits per heavy atom. The first-order valence-electron chi connectivity index (χ1n) is 7.11. The first-order chi connectivity index (χ1) is 10.1. The van der Waals surface area contributed by atoms with E-state index in [0.717, 1.165) is 0 Å². The molecule has 0 bridgehead atoms. The molecule has 8 heteroatoms. The Morgan fingerprint density at radius 2 is 2.10 bits per heavy atom. The number of hydrogen-bond donors (Lipinski definition) is 2. The molecule has 3 N–H and O–H groups in total. The molecule has 2 aliphatic heterocycles. The van der Waals surface area contributed by atoms with Crippen LogP contribution >= 0.6 is 0 Å². The van der Waals surface area contributed by atoms with Crippen molar-refractivity contribution in [2.45, 2.75) is 31.3 Å². The van der Waals surface area contributed by atoms with Crippen LogP contribution in [0.25, 0.3) is 0 Å². The number of rotatable bonds is 4. The Kier molecular flexibility index (Phi) is 3.54. The van der Waals surface area contributed by atoms with Gasteiger partial charge in [0.05, 0.1) is 0 Å². The molecule has 1 spiro atoms. The summed E-state index contributed by atoms with van der Waals surface area (Å²) in [6.07, 6.45) is 3.52. The lowest BCUT2D eigenvalue weighted by atomic mass is 9.90. The Hall–Kier alpha value is -2.09. The SMILES string of the molecule is Nc1ccn(CCCN2C(=O)NC3(CCOCC3)C2=O)n1. The van der Waals surface area contributed by atoms with E-state index in [4.69, 9.17) is 10.5 Å². The fourth-order valence-electron chi connectivity index (χ4n) is 2.83. The predicted molar refractivity (Wildman–Crippen MR) is 74.3 cm³/mol. The summed E-state index contributed by atoms with van der Waals surface area (Å²) in [6, 6.07) is 1.41. The number of ether oxygens (including phenoxy) is 1. The molecule has 8 nitrogen and oxygen atoms in total. The number of hydrogen-bond acceptors (Lipinski definition) is 5. The molecular formula is C13H19N5O3. The molecule has 3 amide bonds. The van der Waals surface area contributed by atoms with Gasteiger partial charge in [0.1, 0.15) is 11.4 Å². The third-order valence-electron chi connectivity index (χ3n) is 4.02. The van der Waals surface area contributed by atoms with E-state index in [-0.39, 0.29) is 11.9 Å². The zero-order valence-electron chi connectivity index (χ0n) is 11.7. The lowest BCUT2D eigenvalue weighted by Gasteiger charge is -2.30. The van der Waals surface area contributed by atoms with Crippen molar-refractivity contribution in [1.29, 1.82) is 0 Å². The second kappa shape index (κ2) is 5.36. The molecule has 2 saturated heterocycles. The van der Waals surface area contributed by atoms with Crippen molar-refractivity contribution in [3.05, 3.63) is 12.3 Å². The van der Waals surface area contributed by atoms with Crippen LogP contribution in [0.1, 0.15) is 19.3 Å². The van der Waals surface area contributed by atoms with Gasteiger partial charge in [-0.2, -0.15) is 5.10 Å². The van der Waals surface area contributed by atoms with E-state index in [1.54, 1.807) is 16.9 Å². The van der Waals surface area contributed by atoms with Crippen LogP contribution in [0.15, 0.2) is 12.3 Å². The van der Waals surface area contributed by atoms with Gasteiger partial charge in [0.15, 0.2) is 0 Å². The van der Waals surface area contributed by atoms with Crippen molar-refractivity contribution < 1.29 is 14.3 Å². The van der Waals surface area contributed by atoms with Crippen molar-refractivity contribution >= 4 is 17.8 Å². The molecule has 2 fully saturated rings. The zero-order valence-corrected chi connectivity index (χ0v) is 11.7. The average molecular weight is 293 g/mol. The van der Waals surface area contributed by atoms with Crippen LogP contribution in [-0.2, 0) is 16.1 Å². The standard InChI is InChI=1S/C13H19N5O3/c14-10-2-7-17(16-10)5-1-6-18-11(19)13(15-12(18)20)3-8-21-9-4-13/h2,7H,1,3-6,8-9H2,(H2,14,16)(H,15,20). The molecule has 114 valence electrons. The predicted octanol–water partition coefficient (Wildman–Crippen LogP) is -0.0436. The van der Waals surface area contributed by atoms with Crippen molar-refractivity contribution in [1.82, 2.24) is 20.0 Å². The van der Waals surface area contributed by atoms with Crippen LogP contribution in [0.4, 0.5) is 10.6 Å². The van der Waals surface area contributed by atoms with Gasteiger partial charge < -0.3 is 15.8 Å². The summed E-state index contributed by atoms with van der Waals surface area (Å²) in [5, 5.41) is 6.91. The van der Waals surface area contributed by atoms with E-state index < -0.39 is 5.54 Å². The molecule has 0 unspecified atom stereocenters. The van der Waals surface area contributed by atoms with Crippen LogP contribution in [0.3, 0.4) is 0 Å². The van der Waals surface area contributed by atoms with Crippen molar-refractivity contribution in [3.63, 3.8) is 0 Å². The number of anilines is 1. The molecule has 2 aliphatic rings. The van der Waals surface area contributed by atoms with Crippen LogP contribution in [0, 0.1) is 0 Å². The lowest BCUT2D eigenvalue weighted by molar-refractivity contribution is -0.134. The first-order valence-corrected chi connectivity index (χ1v) is 7.11. The fraction of sp³-hybridized carbons (Fsp3) is 0.615. The molecule has 1 aromatic heterocycles. The Balaban J connectivity index is 1.58. The smallest absolute Gasteiger partial charge is 0.325 e. The van der Waals surface area contributed by atoms with Gasteiger partial charge in [-0.3, -0.25) is 14.4 Å². The molecule has 0 saturated carbocycles. The summed E-state index contributed by atoms with van der Waals surface area (Å²) in [5.41, 5.74) is 4.79. The minimum atomic E-state index is -0.745. The maximum atomic E-state index is 12.5. The van der Waals surface area contributed by atoms with Crippen molar-refractivity contribution in [3.8, 4) is 0 Å². The number of aromatic nitrogens is 2. The molecule has 3 heterocycles. The number of nitrogens with one attached hydrogen (secondary N) is 1. The summed E-state index contributed by atoms with van der Waals surface area (Å²) >= 11 is 0. The normalized spacial score (nSPS) is 21.0. The largest absolute Gasteiger partial charge is 0.382 e. The number of imide groups is 1. The van der Waals surface area contributed by atoms with Crippen LogP contribution in [-0.4, -0.2) is 51.9 Å². The van der Waals surface area contributed by atoms with Crippen LogP contribution < -0.4 is 11.1 Å². The summed E-state index contributed by atoms with van der Waals surface area (Å²) in [7, 11) is 0. The topological polar surface area (TPSA) is 102 Å². The highest BCUT2D eigenvalue weighted by Crippen LogP contribution is 2.28. The molecule has 3 rings (SSSR count). The zero-order chi connectivity index (χ0) is 14.9. The highest BCUT2D eigenvalue weighted by Gasteiger charge is 2.51. The second-order valence-corrected chi connectivity index (χ2v) is 5.44. The van der Waals surface area contributed by atoms with Crippen molar-refractivity contribution in [2.75, 3.05) is 25.5 Å². The average Bonchev–Trinajstić information content (AvgIpc) is 2.97. The maximum absolute atomic E-state index is 12.5. The number of amides is 3. The van der Waals surface area contributed by atoms with Gasteiger partial charge in [0, 0.05) is 45.3 Å². The number of nitrogens with two attached hydrogens (primary N) is 1. The third-order valence-corrected chi connectivity index (χ3v) is 4.02. The van der Waals surface area contributed by atoms with Gasteiger partial charge in [-0.05, 0) is 12.5 Å². The summed E-state index contributed by atoms with van der Waals surface area (Å²) in [5.74, 6) is 0.335. The highest BCUT2D eigenvalue weighted by atomic mass is 16.5. The quantitative estimate of drug-likeness (QED) is 0.758. The monoisotopic (exact) mass is 293 g/mol. The highest BCUT2D eigenvalue weighted by molar-refractivity contribution is 6.07.